The van der Waals surface area contributed by atoms with E-state index in [9.17, 15) is 0 Å². The molecule has 0 rings (SSSR count). The number of hydrogen-bond acceptors (Lipinski definition) is 1. The van der Waals surface area contributed by atoms with Crippen molar-refractivity contribution in [1.82, 2.24) is 0 Å². The second-order valence-electron chi connectivity index (χ2n) is 5.31. The highest BCUT2D eigenvalue weighted by Crippen LogP contribution is 2.31. The fourth-order valence-corrected chi connectivity index (χ4v) is 2.74. The molecule has 0 bridgehead atoms. The van der Waals surface area contributed by atoms with Crippen molar-refractivity contribution < 1.29 is 0 Å². The molecule has 0 saturated heterocycles. The molecule has 0 fully saturated rings. The predicted octanol–water partition coefficient (Wildman–Crippen LogP) is 4.69. The van der Waals surface area contributed by atoms with Crippen LogP contribution in [0.2, 0.25) is 0 Å². The lowest BCUT2D eigenvalue weighted by molar-refractivity contribution is 0.234. The van der Waals surface area contributed by atoms with E-state index in [4.69, 9.17) is 0 Å². The van der Waals surface area contributed by atoms with E-state index in [1.54, 1.807) is 0 Å². The summed E-state index contributed by atoms with van der Waals surface area (Å²) in [5, 5.41) is 0.801. The Morgan fingerprint density at radius 2 is 1.29 bits per heavy atom. The summed E-state index contributed by atoms with van der Waals surface area (Å²) in [6.45, 7) is 14.2. The summed E-state index contributed by atoms with van der Waals surface area (Å²) in [6, 6.07) is 0. The number of hydrogen-bond donors (Lipinski definition) is 0. The minimum Gasteiger partial charge on any atom is -0.162 e. The monoisotopic (exact) mass is 216 g/mol. The fourth-order valence-electron chi connectivity index (χ4n) is 2.17. The van der Waals surface area contributed by atoms with Gasteiger partial charge in [-0.05, 0) is 36.3 Å². The second-order valence-corrected chi connectivity index (χ2v) is 6.52. The Labute approximate surface area is 95.2 Å². The Bertz CT molecular complexity index is 132. The minimum atomic E-state index is 0.801. The molecule has 0 aromatic carbocycles. The maximum absolute atomic E-state index is 2.40. The van der Waals surface area contributed by atoms with Crippen molar-refractivity contribution >= 4 is 11.8 Å². The fraction of sp³-hybridized carbons (Fsp3) is 1.00. The topological polar surface area (TPSA) is 0 Å². The van der Waals surface area contributed by atoms with Crippen LogP contribution in [0.1, 0.15) is 48.0 Å². The standard InChI is InChI=1S/C13H28S/c1-9(2)13(10(3)4)8-11(5)12(6)14-7/h9-13H,8H2,1-7H3. The Hall–Kier alpha value is 0.350. The number of rotatable bonds is 6. The van der Waals surface area contributed by atoms with Crippen LogP contribution >= 0.6 is 11.8 Å². The van der Waals surface area contributed by atoms with Crippen molar-refractivity contribution in [3.8, 4) is 0 Å². The van der Waals surface area contributed by atoms with Gasteiger partial charge in [0.05, 0.1) is 0 Å². The molecule has 0 aliphatic rings. The van der Waals surface area contributed by atoms with E-state index in [2.05, 4.69) is 47.8 Å². The van der Waals surface area contributed by atoms with Gasteiger partial charge < -0.3 is 0 Å². The molecule has 0 nitrogen and oxygen atoms in total. The molecule has 86 valence electrons. The molecule has 0 aliphatic heterocycles. The largest absolute Gasteiger partial charge is 0.162 e. The summed E-state index contributed by atoms with van der Waals surface area (Å²) in [7, 11) is 0. The first kappa shape index (κ1) is 14.3. The van der Waals surface area contributed by atoms with Gasteiger partial charge in [-0.3, -0.25) is 0 Å². The normalized spacial score (nSPS) is 16.7. The van der Waals surface area contributed by atoms with E-state index in [0.29, 0.717) is 0 Å². The molecular weight excluding hydrogens is 188 g/mol. The van der Waals surface area contributed by atoms with Crippen molar-refractivity contribution in [2.45, 2.75) is 53.2 Å². The van der Waals surface area contributed by atoms with Gasteiger partial charge in [0.2, 0.25) is 0 Å². The quantitative estimate of drug-likeness (QED) is 0.620. The van der Waals surface area contributed by atoms with Gasteiger partial charge in [-0.2, -0.15) is 11.8 Å². The first-order chi connectivity index (χ1) is 6.40. The highest BCUT2D eigenvalue weighted by Gasteiger charge is 2.22. The lowest BCUT2D eigenvalue weighted by atomic mass is 9.79. The van der Waals surface area contributed by atoms with Crippen LogP contribution in [0.5, 0.6) is 0 Å². The summed E-state index contributed by atoms with van der Waals surface area (Å²) in [5.74, 6) is 3.39. The average Bonchev–Trinajstić information content (AvgIpc) is 2.11. The molecule has 0 amide bonds. The van der Waals surface area contributed by atoms with Gasteiger partial charge >= 0.3 is 0 Å². The summed E-state index contributed by atoms with van der Waals surface area (Å²) >= 11 is 2.00. The summed E-state index contributed by atoms with van der Waals surface area (Å²) in [5.41, 5.74) is 0. The molecule has 0 saturated carbocycles. The molecule has 1 heteroatoms. The first-order valence-corrected chi connectivity index (χ1v) is 7.21. The maximum Gasteiger partial charge on any atom is 0.00416 e. The Morgan fingerprint density at radius 3 is 1.57 bits per heavy atom. The van der Waals surface area contributed by atoms with Crippen LogP contribution in [0.3, 0.4) is 0 Å². The Balaban J connectivity index is 4.16. The maximum atomic E-state index is 2.40. The summed E-state index contributed by atoms with van der Waals surface area (Å²) < 4.78 is 0. The molecule has 0 aromatic heterocycles. The number of thioether (sulfide) groups is 1. The third-order valence-electron chi connectivity index (χ3n) is 3.53. The van der Waals surface area contributed by atoms with Crippen LogP contribution in [-0.4, -0.2) is 11.5 Å². The molecule has 0 aromatic rings. The van der Waals surface area contributed by atoms with Crippen molar-refractivity contribution in [2.75, 3.05) is 6.26 Å². The van der Waals surface area contributed by atoms with Gasteiger partial charge in [-0.15, -0.1) is 0 Å². The molecule has 0 spiro atoms. The van der Waals surface area contributed by atoms with Gasteiger partial charge in [0, 0.05) is 5.25 Å². The molecule has 0 radical (unpaired) electrons. The predicted molar refractivity (Wildman–Crippen MR) is 69.9 cm³/mol. The summed E-state index contributed by atoms with van der Waals surface area (Å²) in [4.78, 5) is 0. The SMILES string of the molecule is CSC(C)C(C)CC(C(C)C)C(C)C. The lowest BCUT2D eigenvalue weighted by Crippen LogP contribution is -2.22. The van der Waals surface area contributed by atoms with Crippen LogP contribution in [-0.2, 0) is 0 Å². The first-order valence-electron chi connectivity index (χ1n) is 5.92. The van der Waals surface area contributed by atoms with E-state index < -0.39 is 0 Å². The van der Waals surface area contributed by atoms with E-state index >= 15 is 0 Å². The highest BCUT2D eigenvalue weighted by atomic mass is 32.2. The van der Waals surface area contributed by atoms with Gasteiger partial charge in [-0.1, -0.05) is 41.5 Å². The van der Waals surface area contributed by atoms with Crippen molar-refractivity contribution in [2.24, 2.45) is 23.7 Å². The van der Waals surface area contributed by atoms with Crippen molar-refractivity contribution in [3.05, 3.63) is 0 Å². The van der Waals surface area contributed by atoms with E-state index in [0.717, 1.165) is 28.9 Å². The highest BCUT2D eigenvalue weighted by molar-refractivity contribution is 7.99. The zero-order chi connectivity index (χ0) is 11.3. The van der Waals surface area contributed by atoms with Crippen LogP contribution in [0.25, 0.3) is 0 Å². The third kappa shape index (κ3) is 4.72. The van der Waals surface area contributed by atoms with Crippen LogP contribution < -0.4 is 0 Å². The van der Waals surface area contributed by atoms with Gasteiger partial charge in [0.25, 0.3) is 0 Å². The molecule has 2 atom stereocenters. The third-order valence-corrected chi connectivity index (χ3v) is 4.74. The molecule has 0 aliphatic carbocycles. The molecule has 0 N–H and O–H groups in total. The average molecular weight is 216 g/mol. The van der Waals surface area contributed by atoms with Gasteiger partial charge in [-0.25, -0.2) is 0 Å². The van der Waals surface area contributed by atoms with Crippen LogP contribution in [0.4, 0.5) is 0 Å². The molecule has 2 unspecified atom stereocenters. The van der Waals surface area contributed by atoms with Crippen LogP contribution in [0, 0.1) is 23.7 Å². The minimum absolute atomic E-state index is 0.801. The van der Waals surface area contributed by atoms with E-state index in [1.807, 2.05) is 11.8 Å². The van der Waals surface area contributed by atoms with E-state index in [1.165, 1.54) is 6.42 Å². The lowest BCUT2D eigenvalue weighted by Gasteiger charge is -2.29. The second kappa shape index (κ2) is 6.76. The Kier molecular flexibility index (Phi) is 6.93. The molecule has 14 heavy (non-hydrogen) atoms. The smallest absolute Gasteiger partial charge is 0.00416 e. The van der Waals surface area contributed by atoms with Gasteiger partial charge in [0.15, 0.2) is 0 Å². The molecular formula is C13H28S. The van der Waals surface area contributed by atoms with Crippen LogP contribution in [0.15, 0.2) is 0 Å². The zero-order valence-corrected chi connectivity index (χ0v) is 11.8. The molecule has 0 heterocycles. The van der Waals surface area contributed by atoms with E-state index in [-0.39, 0.29) is 0 Å². The summed E-state index contributed by atoms with van der Waals surface area (Å²) in [6.07, 6.45) is 3.61. The van der Waals surface area contributed by atoms with Crippen molar-refractivity contribution in [3.63, 3.8) is 0 Å². The van der Waals surface area contributed by atoms with Gasteiger partial charge in [0.1, 0.15) is 0 Å². The van der Waals surface area contributed by atoms with Crippen molar-refractivity contribution in [1.29, 1.82) is 0 Å². The Morgan fingerprint density at radius 1 is 0.857 bits per heavy atom. The zero-order valence-electron chi connectivity index (χ0n) is 11.0.